The molecule has 1 saturated heterocycles. The van der Waals surface area contributed by atoms with Crippen molar-refractivity contribution in [2.75, 3.05) is 19.7 Å². The zero-order chi connectivity index (χ0) is 10.7. The molecule has 1 atom stereocenters. The first-order valence-corrected chi connectivity index (χ1v) is 6.14. The highest BCUT2D eigenvalue weighted by atomic mass is 32.1. The summed E-state index contributed by atoms with van der Waals surface area (Å²) in [5.41, 5.74) is -1.38. The molecule has 1 fully saturated rings. The Hall–Kier alpha value is -0.450. The first-order valence-electron chi connectivity index (χ1n) is 5.26. The molecular weight excluding hydrogens is 213 g/mol. The summed E-state index contributed by atoms with van der Waals surface area (Å²) in [6, 6.07) is 4.08. The molecule has 0 amide bonds. The molecule has 0 radical (unpaired) electrons. The highest BCUT2D eigenvalue weighted by Gasteiger charge is 2.34. The molecule has 1 aliphatic heterocycles. The van der Waals surface area contributed by atoms with Crippen LogP contribution in [0.1, 0.15) is 17.7 Å². The van der Waals surface area contributed by atoms with Crippen molar-refractivity contribution in [2.24, 2.45) is 0 Å². The van der Waals surface area contributed by atoms with Crippen molar-refractivity contribution in [2.45, 2.75) is 25.1 Å². The van der Waals surface area contributed by atoms with Crippen LogP contribution in [0.2, 0.25) is 0 Å². The van der Waals surface area contributed by atoms with E-state index in [2.05, 4.69) is 11.0 Å². The molecule has 2 rings (SSSR count). The Morgan fingerprint density at radius 1 is 1.60 bits per heavy atom. The van der Waals surface area contributed by atoms with Gasteiger partial charge in [0.2, 0.25) is 0 Å². The molecule has 1 aliphatic rings. The van der Waals surface area contributed by atoms with E-state index in [0.29, 0.717) is 13.0 Å². The van der Waals surface area contributed by atoms with Crippen LogP contribution in [0, 0.1) is 0 Å². The lowest BCUT2D eigenvalue weighted by Crippen LogP contribution is -2.46. The lowest BCUT2D eigenvalue weighted by molar-refractivity contribution is -0.00353. The van der Waals surface area contributed by atoms with Crippen LogP contribution < -0.4 is 0 Å². The Morgan fingerprint density at radius 3 is 3.13 bits per heavy atom. The van der Waals surface area contributed by atoms with E-state index in [0.717, 1.165) is 19.5 Å². The van der Waals surface area contributed by atoms with Crippen molar-refractivity contribution in [3.63, 3.8) is 0 Å². The molecular formula is C11H16FNOS. The fraction of sp³-hybridized carbons (Fsp3) is 0.636. The summed E-state index contributed by atoms with van der Waals surface area (Å²) >= 11 is 1.70. The third-order valence-electron chi connectivity index (χ3n) is 2.85. The number of aliphatic hydroxyl groups excluding tert-OH is 1. The normalized spacial score (nSPS) is 28.1. The van der Waals surface area contributed by atoms with Crippen molar-refractivity contribution in [3.05, 3.63) is 22.4 Å². The van der Waals surface area contributed by atoms with Crippen LogP contribution in [0.4, 0.5) is 4.39 Å². The van der Waals surface area contributed by atoms with Crippen molar-refractivity contribution >= 4 is 11.3 Å². The number of aliphatic hydroxyl groups is 1. The first-order chi connectivity index (χ1) is 7.22. The maximum atomic E-state index is 13.9. The van der Waals surface area contributed by atoms with Gasteiger partial charge in [-0.05, 0) is 30.8 Å². The minimum Gasteiger partial charge on any atom is -0.393 e. The van der Waals surface area contributed by atoms with Crippen LogP contribution in [-0.2, 0) is 6.54 Å². The maximum Gasteiger partial charge on any atom is 0.146 e. The van der Waals surface area contributed by atoms with Crippen LogP contribution in [0.15, 0.2) is 17.5 Å². The van der Waals surface area contributed by atoms with Crippen molar-refractivity contribution in [1.82, 2.24) is 4.90 Å². The van der Waals surface area contributed by atoms with E-state index in [1.165, 1.54) is 4.88 Å². The molecule has 0 unspecified atom stereocenters. The van der Waals surface area contributed by atoms with E-state index in [4.69, 9.17) is 5.11 Å². The molecule has 1 aromatic heterocycles. The average molecular weight is 229 g/mol. The van der Waals surface area contributed by atoms with Gasteiger partial charge >= 0.3 is 0 Å². The molecule has 4 heteroatoms. The Balaban J connectivity index is 1.93. The quantitative estimate of drug-likeness (QED) is 0.857. The molecule has 1 N–H and O–H groups in total. The third-order valence-corrected chi connectivity index (χ3v) is 3.71. The summed E-state index contributed by atoms with van der Waals surface area (Å²) in [6.07, 6.45) is 1.33. The highest BCUT2D eigenvalue weighted by Crippen LogP contribution is 2.26. The van der Waals surface area contributed by atoms with Crippen LogP contribution >= 0.6 is 11.3 Å². The van der Waals surface area contributed by atoms with Crippen LogP contribution in [0.3, 0.4) is 0 Å². The second kappa shape index (κ2) is 4.60. The first kappa shape index (κ1) is 11.0. The Morgan fingerprint density at radius 2 is 2.47 bits per heavy atom. The molecule has 0 aromatic carbocycles. The van der Waals surface area contributed by atoms with E-state index in [9.17, 15) is 4.39 Å². The topological polar surface area (TPSA) is 23.5 Å². The summed E-state index contributed by atoms with van der Waals surface area (Å²) in [7, 11) is 0. The van der Waals surface area contributed by atoms with Gasteiger partial charge in [0, 0.05) is 18.0 Å². The van der Waals surface area contributed by atoms with Gasteiger partial charge in [0.25, 0.3) is 0 Å². The second-order valence-corrected chi connectivity index (χ2v) is 5.23. The molecule has 1 aromatic rings. The van der Waals surface area contributed by atoms with Crippen molar-refractivity contribution in [1.29, 1.82) is 0 Å². The minimum absolute atomic E-state index is 0.353. The van der Waals surface area contributed by atoms with Gasteiger partial charge in [0.05, 0.1) is 6.61 Å². The van der Waals surface area contributed by atoms with Crippen LogP contribution in [0.25, 0.3) is 0 Å². The number of nitrogens with zero attached hydrogens (tertiary/aromatic N) is 1. The van der Waals surface area contributed by atoms with Crippen molar-refractivity contribution < 1.29 is 9.50 Å². The third kappa shape index (κ3) is 2.77. The Kier molecular flexibility index (Phi) is 3.38. The van der Waals surface area contributed by atoms with E-state index < -0.39 is 5.67 Å². The zero-order valence-corrected chi connectivity index (χ0v) is 9.47. The SMILES string of the molecule is OC[C@@]1(F)CCCN(Cc2cccs2)C1. The van der Waals surface area contributed by atoms with E-state index in [1.54, 1.807) is 11.3 Å². The monoisotopic (exact) mass is 229 g/mol. The van der Waals surface area contributed by atoms with Gasteiger partial charge < -0.3 is 5.11 Å². The molecule has 0 spiro atoms. The van der Waals surface area contributed by atoms with Gasteiger partial charge in [0.1, 0.15) is 5.67 Å². The molecule has 15 heavy (non-hydrogen) atoms. The number of rotatable bonds is 3. The van der Waals surface area contributed by atoms with Gasteiger partial charge in [-0.25, -0.2) is 4.39 Å². The van der Waals surface area contributed by atoms with E-state index in [-0.39, 0.29) is 6.61 Å². The summed E-state index contributed by atoms with van der Waals surface area (Å²) < 4.78 is 13.9. The van der Waals surface area contributed by atoms with Gasteiger partial charge in [-0.1, -0.05) is 6.07 Å². The second-order valence-electron chi connectivity index (χ2n) is 4.20. The number of thiophene rings is 1. The predicted molar refractivity (Wildman–Crippen MR) is 59.8 cm³/mol. The lowest BCUT2D eigenvalue weighted by atomic mass is 9.96. The minimum atomic E-state index is -1.38. The summed E-state index contributed by atoms with van der Waals surface area (Å²) in [4.78, 5) is 3.35. The standard InChI is InChI=1S/C11H16FNOS/c12-11(9-14)4-2-5-13(8-11)7-10-3-1-6-15-10/h1,3,6,14H,2,4-5,7-9H2/t11-/m1/s1. The highest BCUT2D eigenvalue weighted by molar-refractivity contribution is 7.09. The Labute approximate surface area is 93.3 Å². The Bertz CT molecular complexity index is 304. The number of piperidine rings is 1. The number of alkyl halides is 1. The molecule has 84 valence electrons. The average Bonchev–Trinajstić information content (AvgIpc) is 2.71. The predicted octanol–water partition coefficient (Wildman–Crippen LogP) is 2.04. The fourth-order valence-corrected chi connectivity index (χ4v) is 2.81. The maximum absolute atomic E-state index is 13.9. The fourth-order valence-electron chi connectivity index (χ4n) is 2.07. The lowest BCUT2D eigenvalue weighted by Gasteiger charge is -2.35. The molecule has 0 saturated carbocycles. The van der Waals surface area contributed by atoms with Gasteiger partial charge in [-0.3, -0.25) is 4.90 Å². The number of hydrogen-bond donors (Lipinski definition) is 1. The number of hydrogen-bond acceptors (Lipinski definition) is 3. The van der Waals surface area contributed by atoms with Gasteiger partial charge in [-0.2, -0.15) is 0 Å². The van der Waals surface area contributed by atoms with Gasteiger partial charge in [-0.15, -0.1) is 11.3 Å². The summed E-state index contributed by atoms with van der Waals surface area (Å²) in [6.45, 7) is 1.75. The molecule has 0 bridgehead atoms. The summed E-state index contributed by atoms with van der Waals surface area (Å²) in [5, 5.41) is 11.0. The smallest absolute Gasteiger partial charge is 0.146 e. The van der Waals surface area contributed by atoms with E-state index in [1.807, 2.05) is 11.4 Å². The number of halogens is 1. The van der Waals surface area contributed by atoms with Crippen LogP contribution in [-0.4, -0.2) is 35.4 Å². The number of likely N-dealkylation sites (tertiary alicyclic amines) is 1. The molecule has 0 aliphatic carbocycles. The van der Waals surface area contributed by atoms with Gasteiger partial charge in [0.15, 0.2) is 0 Å². The van der Waals surface area contributed by atoms with Crippen LogP contribution in [0.5, 0.6) is 0 Å². The molecule has 2 nitrogen and oxygen atoms in total. The zero-order valence-electron chi connectivity index (χ0n) is 8.66. The van der Waals surface area contributed by atoms with Crippen molar-refractivity contribution in [3.8, 4) is 0 Å². The van der Waals surface area contributed by atoms with E-state index >= 15 is 0 Å². The summed E-state index contributed by atoms with van der Waals surface area (Å²) in [5.74, 6) is 0. The molecule has 2 heterocycles. The largest absolute Gasteiger partial charge is 0.393 e.